The van der Waals surface area contributed by atoms with E-state index in [0.717, 1.165) is 10.9 Å². The lowest BCUT2D eigenvalue weighted by Gasteiger charge is -2.07. The van der Waals surface area contributed by atoms with Gasteiger partial charge in [0.05, 0.1) is 17.5 Å². The first-order valence-corrected chi connectivity index (χ1v) is 9.06. The first-order valence-electron chi connectivity index (χ1n) is 8.18. The summed E-state index contributed by atoms with van der Waals surface area (Å²) in [6.07, 6.45) is 1.48. The summed E-state index contributed by atoms with van der Waals surface area (Å²) in [5.74, 6) is -0.601. The number of thiophene rings is 1. The molecule has 0 aliphatic carbocycles. The van der Waals surface area contributed by atoms with Gasteiger partial charge in [0, 0.05) is 11.2 Å². The summed E-state index contributed by atoms with van der Waals surface area (Å²) in [6, 6.07) is 14.5. The maximum atomic E-state index is 14.0. The van der Waals surface area contributed by atoms with Crippen molar-refractivity contribution in [3.63, 3.8) is 0 Å². The van der Waals surface area contributed by atoms with Crippen molar-refractivity contribution in [2.24, 2.45) is 0 Å². The van der Waals surface area contributed by atoms with Crippen LogP contribution in [-0.2, 0) is 6.54 Å². The largest absolute Gasteiger partial charge is 0.348 e. The van der Waals surface area contributed by atoms with Crippen molar-refractivity contribution in [1.82, 2.24) is 15.1 Å². The van der Waals surface area contributed by atoms with E-state index in [2.05, 4.69) is 27.9 Å². The third kappa shape index (κ3) is 2.88. The summed E-state index contributed by atoms with van der Waals surface area (Å²) in [7, 11) is 0. The van der Waals surface area contributed by atoms with Crippen LogP contribution in [0.25, 0.3) is 15.8 Å². The van der Waals surface area contributed by atoms with Gasteiger partial charge >= 0.3 is 0 Å². The fourth-order valence-corrected chi connectivity index (χ4v) is 3.90. The molecule has 2 aromatic heterocycles. The number of carbonyl (C=O) groups is 1. The molecule has 4 rings (SSSR count). The van der Waals surface area contributed by atoms with Crippen LogP contribution in [0, 0.1) is 12.7 Å². The summed E-state index contributed by atoms with van der Waals surface area (Å²) in [5, 5.41) is 10.3. The van der Waals surface area contributed by atoms with Crippen molar-refractivity contribution in [2.45, 2.75) is 13.5 Å². The van der Waals surface area contributed by atoms with Crippen LogP contribution >= 0.6 is 11.3 Å². The molecule has 2 aromatic carbocycles. The minimum atomic E-state index is -0.379. The van der Waals surface area contributed by atoms with Crippen LogP contribution < -0.4 is 5.32 Å². The van der Waals surface area contributed by atoms with Crippen LogP contribution in [0.4, 0.5) is 4.39 Å². The highest BCUT2D eigenvalue weighted by Gasteiger charge is 2.17. The van der Waals surface area contributed by atoms with Crippen LogP contribution in [-0.4, -0.2) is 15.7 Å². The van der Waals surface area contributed by atoms with E-state index in [9.17, 15) is 9.18 Å². The van der Waals surface area contributed by atoms with E-state index < -0.39 is 0 Å². The molecular formula is C20H16FN3OS. The number of halogens is 1. The standard InChI is InChI=1S/C20H16FN3OS/c1-13-16(11-23-24(13)18-8-4-3-7-17(18)21)20(25)22-10-14-12-26-19-9-5-2-6-15(14)19/h2-9,11-12H,10H2,1H3,(H,22,25). The molecule has 1 amide bonds. The molecule has 0 saturated heterocycles. The lowest BCUT2D eigenvalue weighted by molar-refractivity contribution is 0.0950. The maximum Gasteiger partial charge on any atom is 0.255 e. The first-order chi connectivity index (χ1) is 12.6. The number of hydrogen-bond acceptors (Lipinski definition) is 3. The number of rotatable bonds is 4. The Hall–Kier alpha value is -2.99. The Balaban J connectivity index is 1.55. The molecule has 0 aliphatic heterocycles. The number of nitrogens with zero attached hydrogens (tertiary/aromatic N) is 2. The molecule has 0 radical (unpaired) electrons. The van der Waals surface area contributed by atoms with Gasteiger partial charge in [-0.15, -0.1) is 11.3 Å². The number of nitrogens with one attached hydrogen (secondary N) is 1. The van der Waals surface area contributed by atoms with Crippen molar-refractivity contribution < 1.29 is 9.18 Å². The number of carbonyl (C=O) groups excluding carboxylic acids is 1. The summed E-state index contributed by atoms with van der Waals surface area (Å²) >= 11 is 1.66. The van der Waals surface area contributed by atoms with Crippen molar-refractivity contribution in [3.05, 3.63) is 82.7 Å². The fraction of sp³-hybridized carbons (Fsp3) is 0.100. The molecule has 0 spiro atoms. The monoisotopic (exact) mass is 365 g/mol. The molecule has 130 valence electrons. The lowest BCUT2D eigenvalue weighted by Crippen LogP contribution is -2.23. The van der Waals surface area contributed by atoms with Gasteiger partial charge in [-0.25, -0.2) is 9.07 Å². The predicted octanol–water partition coefficient (Wildman–Crippen LogP) is 4.46. The number of benzene rings is 2. The molecule has 4 nitrogen and oxygen atoms in total. The smallest absolute Gasteiger partial charge is 0.255 e. The number of amides is 1. The second kappa shape index (κ2) is 6.72. The van der Waals surface area contributed by atoms with Gasteiger partial charge < -0.3 is 5.32 Å². The van der Waals surface area contributed by atoms with E-state index in [-0.39, 0.29) is 11.7 Å². The molecule has 0 aliphatic rings. The van der Waals surface area contributed by atoms with E-state index in [1.165, 1.54) is 21.6 Å². The van der Waals surface area contributed by atoms with E-state index in [0.29, 0.717) is 23.5 Å². The number of para-hydroxylation sites is 1. The van der Waals surface area contributed by atoms with Crippen molar-refractivity contribution >= 4 is 27.3 Å². The molecular weight excluding hydrogens is 349 g/mol. The minimum absolute atomic E-state index is 0.222. The van der Waals surface area contributed by atoms with Gasteiger partial charge in [0.2, 0.25) is 0 Å². The van der Waals surface area contributed by atoms with E-state index in [1.807, 2.05) is 12.1 Å². The Bertz CT molecular complexity index is 1100. The summed E-state index contributed by atoms with van der Waals surface area (Å²) in [6.45, 7) is 2.20. The average molecular weight is 365 g/mol. The zero-order valence-corrected chi connectivity index (χ0v) is 14.9. The quantitative estimate of drug-likeness (QED) is 0.580. The molecule has 0 atom stereocenters. The summed E-state index contributed by atoms with van der Waals surface area (Å²) in [5.41, 5.74) is 2.45. The minimum Gasteiger partial charge on any atom is -0.348 e. The second-order valence-corrected chi connectivity index (χ2v) is 6.86. The van der Waals surface area contributed by atoms with Crippen molar-refractivity contribution in [2.75, 3.05) is 0 Å². The predicted molar refractivity (Wildman–Crippen MR) is 101 cm³/mol. The van der Waals surface area contributed by atoms with Gasteiger partial charge in [-0.2, -0.15) is 5.10 Å². The molecule has 0 saturated carbocycles. The van der Waals surface area contributed by atoms with Gasteiger partial charge in [-0.3, -0.25) is 4.79 Å². The third-order valence-electron chi connectivity index (χ3n) is 4.34. The third-order valence-corrected chi connectivity index (χ3v) is 5.35. The van der Waals surface area contributed by atoms with E-state index in [4.69, 9.17) is 0 Å². The Morgan fingerprint density at radius 3 is 2.81 bits per heavy atom. The van der Waals surface area contributed by atoms with E-state index >= 15 is 0 Å². The van der Waals surface area contributed by atoms with Gasteiger partial charge in [0.1, 0.15) is 11.5 Å². The summed E-state index contributed by atoms with van der Waals surface area (Å²) in [4.78, 5) is 12.6. The number of aromatic nitrogens is 2. The fourth-order valence-electron chi connectivity index (χ4n) is 2.94. The van der Waals surface area contributed by atoms with Crippen LogP contribution in [0.5, 0.6) is 0 Å². The Morgan fingerprint density at radius 2 is 1.96 bits per heavy atom. The Labute approximate surface area is 153 Å². The first kappa shape index (κ1) is 16.5. The maximum absolute atomic E-state index is 14.0. The average Bonchev–Trinajstić information content (AvgIpc) is 3.24. The van der Waals surface area contributed by atoms with Gasteiger partial charge in [0.25, 0.3) is 5.91 Å². The van der Waals surface area contributed by atoms with Gasteiger partial charge in [-0.05, 0) is 41.5 Å². The zero-order chi connectivity index (χ0) is 18.1. The highest BCUT2D eigenvalue weighted by molar-refractivity contribution is 7.17. The molecule has 26 heavy (non-hydrogen) atoms. The molecule has 4 aromatic rings. The topological polar surface area (TPSA) is 46.9 Å². The highest BCUT2D eigenvalue weighted by Crippen LogP contribution is 2.25. The SMILES string of the molecule is Cc1c(C(=O)NCc2csc3ccccc23)cnn1-c1ccccc1F. The Morgan fingerprint density at radius 1 is 1.19 bits per heavy atom. The van der Waals surface area contributed by atoms with Crippen LogP contribution in [0.3, 0.4) is 0 Å². The molecule has 0 bridgehead atoms. The Kier molecular flexibility index (Phi) is 4.26. The van der Waals surface area contributed by atoms with Gasteiger partial charge in [-0.1, -0.05) is 30.3 Å². The van der Waals surface area contributed by atoms with E-state index in [1.54, 1.807) is 36.5 Å². The molecule has 0 unspecified atom stereocenters. The zero-order valence-electron chi connectivity index (χ0n) is 14.1. The van der Waals surface area contributed by atoms with Crippen LogP contribution in [0.1, 0.15) is 21.6 Å². The molecule has 1 N–H and O–H groups in total. The van der Waals surface area contributed by atoms with Gasteiger partial charge in [0.15, 0.2) is 0 Å². The van der Waals surface area contributed by atoms with Crippen LogP contribution in [0.15, 0.2) is 60.1 Å². The number of fused-ring (bicyclic) bond motifs is 1. The molecule has 0 fully saturated rings. The van der Waals surface area contributed by atoms with Crippen molar-refractivity contribution in [1.29, 1.82) is 0 Å². The molecule has 6 heteroatoms. The lowest BCUT2D eigenvalue weighted by atomic mass is 10.1. The molecule has 2 heterocycles. The summed E-state index contributed by atoms with van der Waals surface area (Å²) < 4.78 is 16.6. The highest BCUT2D eigenvalue weighted by atomic mass is 32.1. The van der Waals surface area contributed by atoms with Crippen LogP contribution in [0.2, 0.25) is 0 Å². The second-order valence-electron chi connectivity index (χ2n) is 5.95. The van der Waals surface area contributed by atoms with Crippen molar-refractivity contribution in [3.8, 4) is 5.69 Å². The number of hydrogen-bond donors (Lipinski definition) is 1. The normalized spacial score (nSPS) is 11.0.